The molecular formula is C11H10BrNO2. The fourth-order valence-corrected chi connectivity index (χ4v) is 2.20. The molecule has 1 aliphatic heterocycles. The molecule has 0 unspecified atom stereocenters. The summed E-state index contributed by atoms with van der Waals surface area (Å²) in [5.41, 5.74) is 1.62. The molecule has 1 atom stereocenters. The quantitative estimate of drug-likeness (QED) is 0.724. The summed E-state index contributed by atoms with van der Waals surface area (Å²) >= 11 is 3.33. The number of nitrogens with zero attached hydrogens (tertiary/aromatic N) is 1. The van der Waals surface area contributed by atoms with Crippen LogP contribution in [0.2, 0.25) is 0 Å². The summed E-state index contributed by atoms with van der Waals surface area (Å²) in [7, 11) is 0. The molecule has 1 aliphatic rings. The third-order valence-electron chi connectivity index (χ3n) is 2.61. The van der Waals surface area contributed by atoms with Gasteiger partial charge in [0.1, 0.15) is 0 Å². The van der Waals surface area contributed by atoms with Gasteiger partial charge in [-0.2, -0.15) is 0 Å². The van der Waals surface area contributed by atoms with E-state index in [4.69, 9.17) is 0 Å². The number of benzene rings is 1. The maximum atomic E-state index is 11.8. The number of fused-ring (bicyclic) bond motifs is 1. The minimum atomic E-state index is -0.233. The molecule has 0 saturated carbocycles. The Hall–Kier alpha value is -1.16. The topological polar surface area (TPSA) is 37.4 Å². The van der Waals surface area contributed by atoms with Gasteiger partial charge >= 0.3 is 0 Å². The van der Waals surface area contributed by atoms with Gasteiger partial charge < -0.3 is 0 Å². The van der Waals surface area contributed by atoms with Crippen LogP contribution in [0, 0.1) is 0 Å². The maximum absolute atomic E-state index is 11.8. The Kier molecular flexibility index (Phi) is 2.38. The standard InChI is InChI=1S/C11H10BrNO2/c1-6-9-4-3-8(12)5-10(9)13(7(2)14)11(6)15/h3-6H,1-2H3/t6-/m0/s1. The van der Waals surface area contributed by atoms with Crippen molar-refractivity contribution in [3.05, 3.63) is 28.2 Å². The molecule has 15 heavy (non-hydrogen) atoms. The van der Waals surface area contributed by atoms with Crippen molar-refractivity contribution >= 4 is 33.4 Å². The highest BCUT2D eigenvalue weighted by atomic mass is 79.9. The van der Waals surface area contributed by atoms with Crippen molar-refractivity contribution in [2.75, 3.05) is 4.90 Å². The third kappa shape index (κ3) is 1.49. The smallest absolute Gasteiger partial charge is 0.241 e. The zero-order chi connectivity index (χ0) is 11.2. The van der Waals surface area contributed by atoms with Gasteiger partial charge in [-0.1, -0.05) is 22.0 Å². The maximum Gasteiger partial charge on any atom is 0.241 e. The van der Waals surface area contributed by atoms with E-state index in [0.29, 0.717) is 5.69 Å². The molecule has 0 N–H and O–H groups in total. The molecule has 2 amide bonds. The molecule has 0 fully saturated rings. The van der Waals surface area contributed by atoms with Gasteiger partial charge in [-0.25, -0.2) is 4.90 Å². The Labute approximate surface area is 96.2 Å². The second-order valence-corrected chi connectivity index (χ2v) is 4.53. The highest BCUT2D eigenvalue weighted by Gasteiger charge is 2.36. The summed E-state index contributed by atoms with van der Waals surface area (Å²) in [5.74, 6) is -0.601. The average molecular weight is 268 g/mol. The van der Waals surface area contributed by atoms with E-state index in [-0.39, 0.29) is 17.7 Å². The predicted molar refractivity (Wildman–Crippen MR) is 60.7 cm³/mol. The van der Waals surface area contributed by atoms with Gasteiger partial charge in [-0.05, 0) is 24.6 Å². The lowest BCUT2D eigenvalue weighted by atomic mass is 10.0. The summed E-state index contributed by atoms with van der Waals surface area (Å²) in [6.45, 7) is 3.22. The van der Waals surface area contributed by atoms with Crippen LogP contribution in [-0.2, 0) is 9.59 Å². The van der Waals surface area contributed by atoms with Gasteiger partial charge in [0.05, 0.1) is 11.6 Å². The minimum absolute atomic E-state index is 0.143. The first-order valence-electron chi connectivity index (χ1n) is 4.66. The van der Waals surface area contributed by atoms with E-state index in [0.717, 1.165) is 10.0 Å². The van der Waals surface area contributed by atoms with Crippen molar-refractivity contribution in [3.63, 3.8) is 0 Å². The highest BCUT2D eigenvalue weighted by molar-refractivity contribution is 9.10. The lowest BCUT2D eigenvalue weighted by Crippen LogP contribution is -2.32. The highest BCUT2D eigenvalue weighted by Crippen LogP contribution is 2.38. The summed E-state index contributed by atoms with van der Waals surface area (Å²) in [6.07, 6.45) is 0. The minimum Gasteiger partial charge on any atom is -0.274 e. The van der Waals surface area contributed by atoms with E-state index in [9.17, 15) is 9.59 Å². The second kappa shape index (κ2) is 3.45. The predicted octanol–water partition coefficient (Wildman–Crippen LogP) is 2.45. The normalized spacial score (nSPS) is 19.3. The van der Waals surface area contributed by atoms with Crippen LogP contribution in [0.1, 0.15) is 25.3 Å². The van der Waals surface area contributed by atoms with E-state index >= 15 is 0 Å². The Morgan fingerprint density at radius 3 is 2.73 bits per heavy atom. The number of rotatable bonds is 0. The van der Waals surface area contributed by atoms with Crippen molar-refractivity contribution in [3.8, 4) is 0 Å². The van der Waals surface area contributed by atoms with Gasteiger partial charge in [0.25, 0.3) is 0 Å². The van der Waals surface area contributed by atoms with E-state index in [1.54, 1.807) is 6.07 Å². The van der Waals surface area contributed by atoms with Crippen LogP contribution in [0.15, 0.2) is 22.7 Å². The zero-order valence-corrected chi connectivity index (χ0v) is 10.0. The van der Waals surface area contributed by atoms with Gasteiger partial charge in [0.15, 0.2) is 0 Å². The number of halogens is 1. The first-order chi connectivity index (χ1) is 7.02. The van der Waals surface area contributed by atoms with Crippen molar-refractivity contribution in [2.45, 2.75) is 19.8 Å². The van der Waals surface area contributed by atoms with Crippen LogP contribution < -0.4 is 4.90 Å². The summed E-state index contributed by atoms with van der Waals surface area (Å²) in [6, 6.07) is 5.56. The Morgan fingerprint density at radius 2 is 2.13 bits per heavy atom. The SMILES string of the molecule is CC(=O)N1C(=O)[C@@H](C)c2ccc(Br)cc21. The van der Waals surface area contributed by atoms with E-state index in [2.05, 4.69) is 15.9 Å². The van der Waals surface area contributed by atoms with Gasteiger partial charge in [0.2, 0.25) is 11.8 Å². The monoisotopic (exact) mass is 267 g/mol. The molecule has 0 bridgehead atoms. The fraction of sp³-hybridized carbons (Fsp3) is 0.273. The van der Waals surface area contributed by atoms with Crippen molar-refractivity contribution in [2.24, 2.45) is 0 Å². The molecule has 0 saturated heterocycles. The van der Waals surface area contributed by atoms with Gasteiger partial charge in [-0.15, -0.1) is 0 Å². The number of amides is 2. The first kappa shape index (κ1) is 10.4. The number of hydrogen-bond donors (Lipinski definition) is 0. The third-order valence-corrected chi connectivity index (χ3v) is 3.10. The number of hydrogen-bond acceptors (Lipinski definition) is 2. The zero-order valence-electron chi connectivity index (χ0n) is 8.45. The molecule has 1 aromatic carbocycles. The lowest BCUT2D eigenvalue weighted by molar-refractivity contribution is -0.125. The molecule has 0 aromatic heterocycles. The fourth-order valence-electron chi connectivity index (χ4n) is 1.85. The molecular weight excluding hydrogens is 258 g/mol. The van der Waals surface area contributed by atoms with Gasteiger partial charge in [0, 0.05) is 11.4 Å². The van der Waals surface area contributed by atoms with Crippen LogP contribution in [0.25, 0.3) is 0 Å². The van der Waals surface area contributed by atoms with Crippen LogP contribution in [0.5, 0.6) is 0 Å². The molecule has 1 aromatic rings. The number of carbonyl (C=O) groups excluding carboxylic acids is 2. The van der Waals surface area contributed by atoms with Gasteiger partial charge in [-0.3, -0.25) is 9.59 Å². The summed E-state index contributed by atoms with van der Waals surface area (Å²) in [4.78, 5) is 24.4. The first-order valence-corrected chi connectivity index (χ1v) is 5.45. The summed E-state index contributed by atoms with van der Waals surface area (Å²) < 4.78 is 0.870. The Morgan fingerprint density at radius 1 is 1.47 bits per heavy atom. The second-order valence-electron chi connectivity index (χ2n) is 3.62. The van der Waals surface area contributed by atoms with Crippen LogP contribution in [-0.4, -0.2) is 11.8 Å². The molecule has 0 aliphatic carbocycles. The molecule has 0 spiro atoms. The van der Waals surface area contributed by atoms with Crippen molar-refractivity contribution in [1.29, 1.82) is 0 Å². The number of imide groups is 1. The molecule has 2 rings (SSSR count). The van der Waals surface area contributed by atoms with E-state index < -0.39 is 0 Å². The van der Waals surface area contributed by atoms with Crippen LogP contribution in [0.4, 0.5) is 5.69 Å². The number of anilines is 1. The van der Waals surface area contributed by atoms with Crippen molar-refractivity contribution in [1.82, 2.24) is 0 Å². The molecule has 0 radical (unpaired) electrons. The van der Waals surface area contributed by atoms with E-state index in [1.807, 2.05) is 19.1 Å². The molecule has 4 heteroatoms. The van der Waals surface area contributed by atoms with Crippen LogP contribution in [0.3, 0.4) is 0 Å². The summed E-state index contributed by atoms with van der Waals surface area (Å²) in [5, 5.41) is 0. The van der Waals surface area contributed by atoms with Crippen molar-refractivity contribution < 1.29 is 9.59 Å². The number of carbonyl (C=O) groups is 2. The molecule has 3 nitrogen and oxygen atoms in total. The largest absolute Gasteiger partial charge is 0.274 e. The average Bonchev–Trinajstić information content (AvgIpc) is 2.39. The van der Waals surface area contributed by atoms with Crippen LogP contribution >= 0.6 is 15.9 Å². The molecule has 1 heterocycles. The van der Waals surface area contributed by atoms with E-state index in [1.165, 1.54) is 11.8 Å². The lowest BCUT2D eigenvalue weighted by Gasteiger charge is -2.12. The molecule has 78 valence electrons. The Balaban J connectivity index is 2.61. The Bertz CT molecular complexity index is 456.